The van der Waals surface area contributed by atoms with E-state index in [0.29, 0.717) is 18.0 Å². The van der Waals surface area contributed by atoms with E-state index in [-0.39, 0.29) is 0 Å². The molecule has 1 fully saturated rings. The summed E-state index contributed by atoms with van der Waals surface area (Å²) in [6, 6.07) is 9.75. The van der Waals surface area contributed by atoms with E-state index in [1.54, 1.807) is 0 Å². The lowest BCUT2D eigenvalue weighted by Gasteiger charge is -2.44. The summed E-state index contributed by atoms with van der Waals surface area (Å²) in [5.41, 5.74) is 1.31. The van der Waals surface area contributed by atoms with E-state index < -0.39 is 0 Å². The van der Waals surface area contributed by atoms with Gasteiger partial charge >= 0.3 is 0 Å². The standard InChI is InChI=1S/C18H30N2O/c1-5-12-19-18-11-13-20(15(4)14(18)3)16-7-9-17(10-8-16)21-6-2/h7-10,14-15,18-19H,5-6,11-13H2,1-4H3. The lowest BCUT2D eigenvalue weighted by atomic mass is 9.86. The average Bonchev–Trinajstić information content (AvgIpc) is 2.50. The second-order valence-electron chi connectivity index (χ2n) is 6.07. The minimum Gasteiger partial charge on any atom is -0.494 e. The molecule has 0 aromatic heterocycles. The lowest BCUT2D eigenvalue weighted by Crippen LogP contribution is -2.53. The second-order valence-corrected chi connectivity index (χ2v) is 6.07. The molecule has 0 spiro atoms. The summed E-state index contributed by atoms with van der Waals surface area (Å²) in [6.45, 7) is 12.0. The van der Waals surface area contributed by atoms with Gasteiger partial charge in [-0.3, -0.25) is 0 Å². The van der Waals surface area contributed by atoms with Crippen molar-refractivity contribution in [3.05, 3.63) is 24.3 Å². The van der Waals surface area contributed by atoms with Crippen molar-refractivity contribution in [2.45, 2.75) is 52.6 Å². The third-order valence-electron chi connectivity index (χ3n) is 4.70. The maximum Gasteiger partial charge on any atom is 0.119 e. The van der Waals surface area contributed by atoms with Crippen LogP contribution in [0.3, 0.4) is 0 Å². The monoisotopic (exact) mass is 290 g/mol. The van der Waals surface area contributed by atoms with Crippen LogP contribution in [-0.2, 0) is 0 Å². The molecule has 3 unspecified atom stereocenters. The van der Waals surface area contributed by atoms with Crippen LogP contribution >= 0.6 is 0 Å². The smallest absolute Gasteiger partial charge is 0.119 e. The summed E-state index contributed by atoms with van der Waals surface area (Å²) >= 11 is 0. The van der Waals surface area contributed by atoms with Crippen LogP contribution in [-0.4, -0.2) is 31.8 Å². The Hall–Kier alpha value is -1.22. The first-order chi connectivity index (χ1) is 10.2. The van der Waals surface area contributed by atoms with Gasteiger partial charge in [-0.1, -0.05) is 13.8 Å². The number of nitrogens with zero attached hydrogens (tertiary/aromatic N) is 1. The molecule has 1 aromatic rings. The van der Waals surface area contributed by atoms with Crippen LogP contribution in [0.5, 0.6) is 5.75 Å². The van der Waals surface area contributed by atoms with Crippen molar-refractivity contribution < 1.29 is 4.74 Å². The fourth-order valence-corrected chi connectivity index (χ4v) is 3.25. The molecule has 1 saturated heterocycles. The molecule has 21 heavy (non-hydrogen) atoms. The Bertz CT molecular complexity index is 418. The summed E-state index contributed by atoms with van der Waals surface area (Å²) in [5, 5.41) is 3.70. The zero-order chi connectivity index (χ0) is 15.2. The zero-order valence-electron chi connectivity index (χ0n) is 13.9. The Balaban J connectivity index is 2.01. The Kier molecular flexibility index (Phi) is 5.92. The first kappa shape index (κ1) is 16.2. The SMILES string of the molecule is CCCNC1CCN(c2ccc(OCC)cc2)C(C)C1C. The van der Waals surface area contributed by atoms with Gasteiger partial charge < -0.3 is 15.0 Å². The molecule has 0 bridgehead atoms. The van der Waals surface area contributed by atoms with Crippen molar-refractivity contribution in [1.82, 2.24) is 5.32 Å². The zero-order valence-corrected chi connectivity index (χ0v) is 13.9. The van der Waals surface area contributed by atoms with Gasteiger partial charge in [-0.15, -0.1) is 0 Å². The highest BCUT2D eigenvalue weighted by Gasteiger charge is 2.31. The van der Waals surface area contributed by atoms with Gasteiger partial charge in [0.1, 0.15) is 5.75 Å². The Morgan fingerprint density at radius 3 is 2.52 bits per heavy atom. The Morgan fingerprint density at radius 2 is 1.90 bits per heavy atom. The molecule has 0 aliphatic carbocycles. The first-order valence-corrected chi connectivity index (χ1v) is 8.40. The molecule has 1 aliphatic heterocycles. The lowest BCUT2D eigenvalue weighted by molar-refractivity contribution is 0.271. The summed E-state index contributed by atoms with van der Waals surface area (Å²) in [7, 11) is 0. The maximum absolute atomic E-state index is 5.53. The van der Waals surface area contributed by atoms with E-state index in [1.807, 2.05) is 6.92 Å². The summed E-state index contributed by atoms with van der Waals surface area (Å²) in [4.78, 5) is 2.53. The Labute approximate surface area is 129 Å². The highest BCUT2D eigenvalue weighted by molar-refractivity contribution is 5.50. The van der Waals surface area contributed by atoms with Crippen molar-refractivity contribution in [3.8, 4) is 5.75 Å². The number of benzene rings is 1. The summed E-state index contributed by atoms with van der Waals surface area (Å²) in [6.07, 6.45) is 2.43. The molecule has 1 aliphatic rings. The molecular formula is C18H30N2O. The van der Waals surface area contributed by atoms with E-state index in [2.05, 4.69) is 55.3 Å². The van der Waals surface area contributed by atoms with Gasteiger partial charge in [0.2, 0.25) is 0 Å². The Morgan fingerprint density at radius 1 is 1.19 bits per heavy atom. The van der Waals surface area contributed by atoms with E-state index in [1.165, 1.54) is 18.5 Å². The van der Waals surface area contributed by atoms with Crippen molar-refractivity contribution in [2.75, 3.05) is 24.6 Å². The van der Waals surface area contributed by atoms with E-state index in [0.717, 1.165) is 25.4 Å². The van der Waals surface area contributed by atoms with E-state index in [9.17, 15) is 0 Å². The molecule has 1 aromatic carbocycles. The molecule has 0 saturated carbocycles. The van der Waals surface area contributed by atoms with Crippen LogP contribution in [0.25, 0.3) is 0 Å². The molecule has 0 amide bonds. The molecular weight excluding hydrogens is 260 g/mol. The molecule has 118 valence electrons. The van der Waals surface area contributed by atoms with Crippen LogP contribution in [0.1, 0.15) is 40.5 Å². The van der Waals surface area contributed by atoms with Crippen molar-refractivity contribution in [3.63, 3.8) is 0 Å². The normalized spacial score (nSPS) is 25.9. The molecule has 1 N–H and O–H groups in total. The van der Waals surface area contributed by atoms with Gasteiger partial charge in [-0.05, 0) is 63.4 Å². The minimum atomic E-state index is 0.561. The van der Waals surface area contributed by atoms with Gasteiger partial charge in [0.05, 0.1) is 6.61 Å². The number of nitrogens with one attached hydrogen (secondary N) is 1. The van der Waals surface area contributed by atoms with Gasteiger partial charge in [-0.2, -0.15) is 0 Å². The van der Waals surface area contributed by atoms with Crippen molar-refractivity contribution in [1.29, 1.82) is 0 Å². The first-order valence-electron chi connectivity index (χ1n) is 8.40. The van der Waals surface area contributed by atoms with Crippen LogP contribution < -0.4 is 15.0 Å². The molecule has 3 heteroatoms. The molecule has 3 nitrogen and oxygen atoms in total. The fraction of sp³-hybridized carbons (Fsp3) is 0.667. The number of anilines is 1. The summed E-state index contributed by atoms with van der Waals surface area (Å²) < 4.78 is 5.53. The third kappa shape index (κ3) is 3.91. The van der Waals surface area contributed by atoms with Crippen LogP contribution in [0.15, 0.2) is 24.3 Å². The quantitative estimate of drug-likeness (QED) is 0.865. The van der Waals surface area contributed by atoms with E-state index in [4.69, 9.17) is 4.74 Å². The van der Waals surface area contributed by atoms with Gasteiger partial charge in [0, 0.05) is 24.3 Å². The number of rotatable bonds is 6. The van der Waals surface area contributed by atoms with Crippen molar-refractivity contribution >= 4 is 5.69 Å². The highest BCUT2D eigenvalue weighted by Crippen LogP contribution is 2.30. The molecule has 2 rings (SSSR count). The number of hydrogen-bond acceptors (Lipinski definition) is 3. The highest BCUT2D eigenvalue weighted by atomic mass is 16.5. The van der Waals surface area contributed by atoms with Crippen LogP contribution in [0.4, 0.5) is 5.69 Å². The van der Waals surface area contributed by atoms with Crippen molar-refractivity contribution in [2.24, 2.45) is 5.92 Å². The average molecular weight is 290 g/mol. The van der Waals surface area contributed by atoms with Crippen LogP contribution in [0, 0.1) is 5.92 Å². The van der Waals surface area contributed by atoms with Crippen LogP contribution in [0.2, 0.25) is 0 Å². The topological polar surface area (TPSA) is 24.5 Å². The molecule has 3 atom stereocenters. The minimum absolute atomic E-state index is 0.561. The third-order valence-corrected chi connectivity index (χ3v) is 4.70. The number of hydrogen-bond donors (Lipinski definition) is 1. The predicted molar refractivity (Wildman–Crippen MR) is 90.3 cm³/mol. The maximum atomic E-state index is 5.53. The largest absolute Gasteiger partial charge is 0.494 e. The van der Waals surface area contributed by atoms with Gasteiger partial charge in [-0.25, -0.2) is 0 Å². The second kappa shape index (κ2) is 7.69. The number of piperidine rings is 1. The van der Waals surface area contributed by atoms with Gasteiger partial charge in [0.15, 0.2) is 0 Å². The molecule has 0 radical (unpaired) electrons. The van der Waals surface area contributed by atoms with Gasteiger partial charge in [0.25, 0.3) is 0 Å². The van der Waals surface area contributed by atoms with E-state index >= 15 is 0 Å². The summed E-state index contributed by atoms with van der Waals surface area (Å²) in [5.74, 6) is 1.62. The molecule has 1 heterocycles. The fourth-order valence-electron chi connectivity index (χ4n) is 3.25. The number of ether oxygens (including phenoxy) is 1. The predicted octanol–water partition coefficient (Wildman–Crippen LogP) is 3.69.